The number of rotatable bonds is 22. The Morgan fingerprint density at radius 2 is 1.21 bits per heavy atom. The third-order valence-electron chi connectivity index (χ3n) is 12.6. The van der Waals surface area contributed by atoms with Crippen molar-refractivity contribution in [3.63, 3.8) is 0 Å². The molecule has 0 aromatic heterocycles. The lowest BCUT2D eigenvalue weighted by molar-refractivity contribution is -0.438. The van der Waals surface area contributed by atoms with E-state index in [0.717, 1.165) is 31.0 Å². The number of benzene rings is 4. The van der Waals surface area contributed by atoms with Crippen LogP contribution in [0.1, 0.15) is 129 Å². The smallest absolute Gasteiger partial charge is 0.210 e. The van der Waals surface area contributed by atoms with Gasteiger partial charge in [0.1, 0.15) is 6.54 Å². The van der Waals surface area contributed by atoms with Gasteiger partial charge < -0.3 is 4.90 Å². The van der Waals surface area contributed by atoms with Crippen LogP contribution in [0.4, 0.5) is 11.4 Å². The van der Waals surface area contributed by atoms with Crippen LogP contribution in [-0.2, 0) is 10.8 Å². The van der Waals surface area contributed by atoms with Crippen LogP contribution >= 0.6 is 11.6 Å². The van der Waals surface area contributed by atoms with Crippen molar-refractivity contribution in [3.05, 3.63) is 156 Å². The van der Waals surface area contributed by atoms with E-state index in [2.05, 4.69) is 160 Å². The second kappa shape index (κ2) is 20.5. The number of allylic oxidation sites excluding steroid dienone is 10. The first-order chi connectivity index (χ1) is 28.2. The fourth-order valence-corrected chi connectivity index (χ4v) is 9.75. The van der Waals surface area contributed by atoms with Crippen LogP contribution < -0.4 is 4.90 Å². The monoisotopic (exact) mass is 792 g/mol. The summed E-state index contributed by atoms with van der Waals surface area (Å²) in [6.45, 7) is 19.3. The van der Waals surface area contributed by atoms with E-state index in [0.29, 0.717) is 0 Å². The van der Waals surface area contributed by atoms with E-state index in [-0.39, 0.29) is 10.8 Å². The number of unbranched alkanes of at least 4 members (excludes halogenated alkanes) is 12. The predicted octanol–water partition coefficient (Wildman–Crippen LogP) is 16.1. The molecule has 0 saturated carbocycles. The van der Waals surface area contributed by atoms with E-state index < -0.39 is 0 Å². The first-order valence-electron chi connectivity index (χ1n) is 22.3. The molecule has 2 aliphatic rings. The fourth-order valence-electron chi connectivity index (χ4n) is 9.60. The molecule has 0 N–H and O–H groups in total. The highest BCUT2D eigenvalue weighted by molar-refractivity contribution is 6.31. The third-order valence-corrected chi connectivity index (χ3v) is 12.9. The molecule has 4 aromatic rings. The number of anilines is 1. The van der Waals surface area contributed by atoms with Gasteiger partial charge in [0.2, 0.25) is 5.69 Å². The molecule has 0 spiro atoms. The molecule has 304 valence electrons. The summed E-state index contributed by atoms with van der Waals surface area (Å²) in [5.74, 6) is 0. The molecule has 0 amide bonds. The van der Waals surface area contributed by atoms with E-state index >= 15 is 0 Å². The normalized spacial score (nSPS) is 16.7. The minimum Gasteiger partial charge on any atom is -0.344 e. The van der Waals surface area contributed by atoms with Gasteiger partial charge in [-0.05, 0) is 110 Å². The van der Waals surface area contributed by atoms with Crippen LogP contribution in [0, 0.1) is 0 Å². The van der Waals surface area contributed by atoms with Gasteiger partial charge in [0.05, 0.1) is 5.41 Å². The number of fused-ring (bicyclic) bond motifs is 6. The predicted molar refractivity (Wildman–Crippen MR) is 256 cm³/mol. The maximum absolute atomic E-state index is 6.98. The van der Waals surface area contributed by atoms with Gasteiger partial charge in [-0.25, -0.2) is 0 Å². The number of hydrogen-bond donors (Lipinski definition) is 0. The van der Waals surface area contributed by atoms with Gasteiger partial charge in [-0.15, -0.1) is 13.2 Å². The Morgan fingerprint density at radius 1 is 0.638 bits per heavy atom. The highest BCUT2D eigenvalue weighted by atomic mass is 35.5. The zero-order valence-corrected chi connectivity index (χ0v) is 36.8. The highest BCUT2D eigenvalue weighted by Crippen LogP contribution is 2.51. The SMILES string of the molecule is C=CCCCCCCCCN1C(=CC=CC(Cl)=CC=CC2=[N+](CCCCCCCCC=C)c3ccc4ccccc4c3C2(C)C)C(C)(C)c2c1ccc1ccccc21. The van der Waals surface area contributed by atoms with Crippen molar-refractivity contribution < 1.29 is 4.58 Å². The lowest BCUT2D eigenvalue weighted by atomic mass is 9.79. The van der Waals surface area contributed by atoms with E-state index in [9.17, 15) is 0 Å². The summed E-state index contributed by atoms with van der Waals surface area (Å²) in [7, 11) is 0. The molecule has 2 aliphatic heterocycles. The summed E-state index contributed by atoms with van der Waals surface area (Å²) in [4.78, 5) is 2.58. The summed E-state index contributed by atoms with van der Waals surface area (Å²) in [5, 5.41) is 6.02. The molecule has 6 rings (SSSR count). The molecular formula is C55H68ClN2+. The van der Waals surface area contributed by atoms with Crippen LogP contribution in [0.2, 0.25) is 0 Å². The standard InChI is InChI=1S/C55H68ClN2/c1-7-9-11-13-15-17-19-25-41-57-48-39-37-43-29-21-23-33-46(43)52(48)54(3,4)50(57)35-27-31-45(56)32-28-36-51-55(5,6)53-47-34-24-22-30-44(47)38-40-49(53)58(51)42-26-20-18-16-14-12-10-8-2/h7-8,21-24,27-40H,1-2,9-20,25-26,41-42H2,3-6H3/q+1. The highest BCUT2D eigenvalue weighted by Gasteiger charge is 2.45. The van der Waals surface area contributed by atoms with Crippen LogP contribution in [0.15, 0.2) is 145 Å². The van der Waals surface area contributed by atoms with Gasteiger partial charge in [0.15, 0.2) is 5.71 Å². The molecule has 2 nitrogen and oxygen atoms in total. The number of hydrogen-bond acceptors (Lipinski definition) is 1. The van der Waals surface area contributed by atoms with Crippen molar-refractivity contribution in [2.24, 2.45) is 0 Å². The minimum absolute atomic E-state index is 0.139. The minimum atomic E-state index is -0.139. The molecule has 0 atom stereocenters. The van der Waals surface area contributed by atoms with E-state index in [4.69, 9.17) is 11.6 Å². The summed E-state index contributed by atoms with van der Waals surface area (Å²) < 4.78 is 2.58. The second-order valence-electron chi connectivity index (χ2n) is 17.5. The molecule has 58 heavy (non-hydrogen) atoms. The van der Waals surface area contributed by atoms with Gasteiger partial charge in [-0.3, -0.25) is 0 Å². The van der Waals surface area contributed by atoms with Crippen molar-refractivity contribution >= 4 is 50.2 Å². The second-order valence-corrected chi connectivity index (χ2v) is 18.0. The molecular weight excluding hydrogens is 724 g/mol. The quantitative estimate of drug-likeness (QED) is 0.0333. The van der Waals surface area contributed by atoms with Crippen LogP contribution in [0.25, 0.3) is 21.5 Å². The molecule has 0 radical (unpaired) electrons. The van der Waals surface area contributed by atoms with Crippen LogP contribution in [-0.4, -0.2) is 23.4 Å². The molecule has 3 heteroatoms. The summed E-state index contributed by atoms with van der Waals surface area (Å²) in [5.41, 5.74) is 7.94. The van der Waals surface area contributed by atoms with Crippen molar-refractivity contribution in [1.29, 1.82) is 0 Å². The number of halogens is 1. The zero-order chi connectivity index (χ0) is 41.0. The Bertz CT molecular complexity index is 2210. The molecule has 0 saturated heterocycles. The number of nitrogens with zero attached hydrogens (tertiary/aromatic N) is 2. The fraction of sp³-hybridized carbons (Fsp3) is 0.400. The largest absolute Gasteiger partial charge is 0.344 e. The lowest BCUT2D eigenvalue weighted by Crippen LogP contribution is -2.28. The Morgan fingerprint density at radius 3 is 1.86 bits per heavy atom. The maximum Gasteiger partial charge on any atom is 0.210 e. The van der Waals surface area contributed by atoms with E-state index in [1.807, 2.05) is 12.2 Å². The van der Waals surface area contributed by atoms with E-state index in [1.54, 1.807) is 0 Å². The lowest BCUT2D eigenvalue weighted by Gasteiger charge is -2.27. The van der Waals surface area contributed by atoms with Crippen LogP contribution in [0.3, 0.4) is 0 Å². The first-order valence-corrected chi connectivity index (χ1v) is 22.7. The Labute approximate surface area is 356 Å². The third kappa shape index (κ3) is 9.89. The van der Waals surface area contributed by atoms with Gasteiger partial charge in [0.25, 0.3) is 0 Å². The molecule has 0 unspecified atom stereocenters. The maximum atomic E-state index is 6.98. The molecule has 0 bridgehead atoms. The summed E-state index contributed by atoms with van der Waals surface area (Å²) in [6, 6.07) is 27.0. The average molecular weight is 793 g/mol. The van der Waals surface area contributed by atoms with Gasteiger partial charge in [-0.2, -0.15) is 4.58 Å². The van der Waals surface area contributed by atoms with Crippen molar-refractivity contribution in [1.82, 2.24) is 0 Å². The van der Waals surface area contributed by atoms with Crippen molar-refractivity contribution in [2.45, 2.75) is 128 Å². The van der Waals surface area contributed by atoms with Gasteiger partial charge >= 0.3 is 0 Å². The molecule has 4 aromatic carbocycles. The summed E-state index contributed by atoms with van der Waals surface area (Å²) in [6.07, 6.45) is 34.5. The van der Waals surface area contributed by atoms with Gasteiger partial charge in [-0.1, -0.05) is 149 Å². The topological polar surface area (TPSA) is 6.25 Å². The van der Waals surface area contributed by atoms with Crippen molar-refractivity contribution in [2.75, 3.05) is 18.0 Å². The first kappa shape index (κ1) is 43.2. The average Bonchev–Trinajstić information content (AvgIpc) is 3.58. The van der Waals surface area contributed by atoms with Crippen molar-refractivity contribution in [3.8, 4) is 0 Å². The Kier molecular flexibility index (Phi) is 15.3. The molecule has 0 fully saturated rings. The molecule has 0 aliphatic carbocycles. The van der Waals surface area contributed by atoms with E-state index in [1.165, 1.54) is 133 Å². The Hall–Kier alpha value is -4.40. The van der Waals surface area contributed by atoms with Gasteiger partial charge in [0, 0.05) is 52.5 Å². The zero-order valence-electron chi connectivity index (χ0n) is 36.0. The van der Waals surface area contributed by atoms with Crippen LogP contribution in [0.5, 0.6) is 0 Å². The summed E-state index contributed by atoms with van der Waals surface area (Å²) >= 11 is 6.98. The Balaban J connectivity index is 1.21. The molecule has 2 heterocycles.